The summed E-state index contributed by atoms with van der Waals surface area (Å²) in [6.45, 7) is 0. The summed E-state index contributed by atoms with van der Waals surface area (Å²) in [6, 6.07) is 2.79. The summed E-state index contributed by atoms with van der Waals surface area (Å²) >= 11 is 0. The van der Waals surface area contributed by atoms with Crippen molar-refractivity contribution in [1.82, 2.24) is 4.98 Å². The number of nitrogens with two attached hydrogens (primary N) is 1. The molecule has 0 radical (unpaired) electrons. The first-order chi connectivity index (χ1) is 9.80. The lowest BCUT2D eigenvalue weighted by molar-refractivity contribution is -0.138. The van der Waals surface area contributed by atoms with Crippen molar-refractivity contribution < 1.29 is 22.0 Å². The van der Waals surface area contributed by atoms with Gasteiger partial charge in [-0.2, -0.15) is 13.2 Å². The van der Waals surface area contributed by atoms with Gasteiger partial charge >= 0.3 is 6.18 Å². The van der Waals surface area contributed by atoms with Crippen LogP contribution in [0.4, 0.5) is 22.0 Å². The van der Waals surface area contributed by atoms with Crippen LogP contribution in [0.2, 0.25) is 0 Å². The van der Waals surface area contributed by atoms with Gasteiger partial charge in [0.15, 0.2) is 0 Å². The molecule has 2 aromatic rings. The summed E-state index contributed by atoms with van der Waals surface area (Å²) in [5.41, 5.74) is 4.09. The van der Waals surface area contributed by atoms with Gasteiger partial charge in [0.1, 0.15) is 11.6 Å². The molecule has 0 aliphatic heterocycles. The van der Waals surface area contributed by atoms with Crippen molar-refractivity contribution in [3.05, 3.63) is 65.0 Å². The van der Waals surface area contributed by atoms with Crippen molar-refractivity contribution in [1.29, 1.82) is 0 Å². The minimum Gasteiger partial charge on any atom is -0.324 e. The molecule has 1 atom stereocenters. The quantitative estimate of drug-likeness (QED) is 0.880. The van der Waals surface area contributed by atoms with Gasteiger partial charge < -0.3 is 5.73 Å². The van der Waals surface area contributed by atoms with E-state index in [-0.39, 0.29) is 11.1 Å². The van der Waals surface area contributed by atoms with Crippen LogP contribution in [0.25, 0.3) is 0 Å². The minimum atomic E-state index is -4.61. The smallest absolute Gasteiger partial charge is 0.324 e. The number of halogens is 5. The number of aromatic nitrogens is 1. The van der Waals surface area contributed by atoms with Gasteiger partial charge in [-0.05, 0) is 30.2 Å². The molecule has 0 fully saturated rings. The molecule has 112 valence electrons. The zero-order valence-corrected chi connectivity index (χ0v) is 10.7. The van der Waals surface area contributed by atoms with Gasteiger partial charge in [-0.25, -0.2) is 8.78 Å². The van der Waals surface area contributed by atoms with Crippen LogP contribution in [0.15, 0.2) is 36.7 Å². The Balaban J connectivity index is 2.36. The van der Waals surface area contributed by atoms with E-state index in [4.69, 9.17) is 5.73 Å². The molecule has 1 aromatic heterocycles. The normalized spacial score (nSPS) is 13.2. The van der Waals surface area contributed by atoms with Crippen molar-refractivity contribution in [3.8, 4) is 0 Å². The van der Waals surface area contributed by atoms with Crippen molar-refractivity contribution in [2.24, 2.45) is 5.73 Å². The summed E-state index contributed by atoms with van der Waals surface area (Å²) in [7, 11) is 0. The fourth-order valence-corrected chi connectivity index (χ4v) is 2.02. The molecule has 0 saturated carbocycles. The predicted molar refractivity (Wildman–Crippen MR) is 66.2 cm³/mol. The highest BCUT2D eigenvalue weighted by molar-refractivity contribution is 5.31. The number of rotatable bonds is 3. The van der Waals surface area contributed by atoms with Crippen LogP contribution in [0.1, 0.15) is 22.7 Å². The third-order valence-corrected chi connectivity index (χ3v) is 3.04. The van der Waals surface area contributed by atoms with Crippen LogP contribution >= 0.6 is 0 Å². The fraction of sp³-hybridized carbons (Fsp3) is 0.214. The zero-order valence-electron chi connectivity index (χ0n) is 10.7. The highest BCUT2D eigenvalue weighted by atomic mass is 19.4. The molecule has 1 unspecified atom stereocenters. The van der Waals surface area contributed by atoms with Crippen molar-refractivity contribution in [2.75, 3.05) is 0 Å². The molecular formula is C14H11F5N2. The first-order valence-electron chi connectivity index (χ1n) is 6.00. The number of nitrogens with zero attached hydrogens (tertiary/aromatic N) is 1. The first-order valence-corrected chi connectivity index (χ1v) is 6.00. The highest BCUT2D eigenvalue weighted by Gasteiger charge is 2.34. The zero-order chi connectivity index (χ0) is 15.6. The minimum absolute atomic E-state index is 0.298. The van der Waals surface area contributed by atoms with Gasteiger partial charge in [0.05, 0.1) is 5.56 Å². The summed E-state index contributed by atoms with van der Waals surface area (Å²) < 4.78 is 65.7. The number of hydrogen-bond donors (Lipinski definition) is 1. The standard InChI is InChI=1S/C14H11F5N2/c15-11-2-1-3-12(16)8(11)6-13(20)9-7-21-5-4-10(9)14(17,18)19/h1-5,7,13H,6,20H2. The van der Waals surface area contributed by atoms with E-state index in [2.05, 4.69) is 4.98 Å². The lowest BCUT2D eigenvalue weighted by Gasteiger charge is -2.18. The van der Waals surface area contributed by atoms with E-state index in [0.717, 1.165) is 30.6 Å². The van der Waals surface area contributed by atoms with Crippen LogP contribution in [-0.2, 0) is 12.6 Å². The molecule has 7 heteroatoms. The Labute approximate surface area is 117 Å². The molecule has 0 spiro atoms. The molecule has 1 heterocycles. The third-order valence-electron chi connectivity index (χ3n) is 3.04. The van der Waals surface area contributed by atoms with E-state index in [1.54, 1.807) is 0 Å². The van der Waals surface area contributed by atoms with Gasteiger partial charge in [-0.3, -0.25) is 4.98 Å². The summed E-state index contributed by atoms with van der Waals surface area (Å²) in [4.78, 5) is 3.60. The fourth-order valence-electron chi connectivity index (χ4n) is 2.02. The van der Waals surface area contributed by atoms with Crippen molar-refractivity contribution >= 4 is 0 Å². The molecular weight excluding hydrogens is 291 g/mol. The first kappa shape index (κ1) is 15.4. The third kappa shape index (κ3) is 3.36. The van der Waals surface area contributed by atoms with Crippen LogP contribution in [0, 0.1) is 11.6 Å². The van der Waals surface area contributed by atoms with Gasteiger partial charge in [0, 0.05) is 24.0 Å². The average Bonchev–Trinajstić information content (AvgIpc) is 2.42. The lowest BCUT2D eigenvalue weighted by Crippen LogP contribution is -2.20. The molecule has 21 heavy (non-hydrogen) atoms. The van der Waals surface area contributed by atoms with E-state index >= 15 is 0 Å². The van der Waals surface area contributed by atoms with E-state index in [1.165, 1.54) is 6.07 Å². The van der Waals surface area contributed by atoms with Crippen LogP contribution in [0.3, 0.4) is 0 Å². The summed E-state index contributed by atoms with van der Waals surface area (Å²) in [6.07, 6.45) is -3.05. The number of benzene rings is 1. The van der Waals surface area contributed by atoms with Crippen molar-refractivity contribution in [3.63, 3.8) is 0 Å². The number of hydrogen-bond acceptors (Lipinski definition) is 2. The predicted octanol–water partition coefficient (Wildman–Crippen LogP) is 3.62. The SMILES string of the molecule is NC(Cc1c(F)cccc1F)c1cnccc1C(F)(F)F. The molecule has 0 bridgehead atoms. The Morgan fingerprint density at radius 3 is 2.29 bits per heavy atom. The van der Waals surface area contributed by atoms with Gasteiger partial charge in [-0.15, -0.1) is 0 Å². The molecule has 2 nitrogen and oxygen atoms in total. The highest BCUT2D eigenvalue weighted by Crippen LogP contribution is 2.34. The maximum Gasteiger partial charge on any atom is 0.416 e. The Kier molecular flexibility index (Phi) is 4.22. The van der Waals surface area contributed by atoms with E-state index in [1.807, 2.05) is 0 Å². The molecule has 0 aliphatic rings. The summed E-state index contributed by atoms with van der Waals surface area (Å²) in [5, 5.41) is 0. The second-order valence-corrected chi connectivity index (χ2v) is 4.47. The monoisotopic (exact) mass is 302 g/mol. The number of alkyl halides is 3. The van der Waals surface area contributed by atoms with Crippen LogP contribution in [-0.4, -0.2) is 4.98 Å². The molecule has 0 saturated heterocycles. The Morgan fingerprint density at radius 2 is 1.71 bits per heavy atom. The van der Waals surface area contributed by atoms with Crippen LogP contribution < -0.4 is 5.73 Å². The van der Waals surface area contributed by atoms with E-state index < -0.39 is 35.8 Å². The van der Waals surface area contributed by atoms with Gasteiger partial charge in [-0.1, -0.05) is 6.07 Å². The van der Waals surface area contributed by atoms with Gasteiger partial charge in [0.2, 0.25) is 0 Å². The molecule has 1 aromatic carbocycles. The van der Waals surface area contributed by atoms with E-state index in [0.29, 0.717) is 0 Å². The van der Waals surface area contributed by atoms with Crippen LogP contribution in [0.5, 0.6) is 0 Å². The van der Waals surface area contributed by atoms with Crippen molar-refractivity contribution in [2.45, 2.75) is 18.6 Å². The average molecular weight is 302 g/mol. The second-order valence-electron chi connectivity index (χ2n) is 4.47. The Bertz CT molecular complexity index is 619. The summed E-state index contributed by atoms with van der Waals surface area (Å²) in [5.74, 6) is -1.69. The van der Waals surface area contributed by atoms with E-state index in [9.17, 15) is 22.0 Å². The molecule has 2 rings (SSSR count). The maximum atomic E-state index is 13.5. The number of pyridine rings is 1. The Morgan fingerprint density at radius 1 is 1.10 bits per heavy atom. The lowest BCUT2D eigenvalue weighted by atomic mass is 9.96. The molecule has 0 amide bonds. The molecule has 2 N–H and O–H groups in total. The topological polar surface area (TPSA) is 38.9 Å². The van der Waals surface area contributed by atoms with Gasteiger partial charge in [0.25, 0.3) is 0 Å². The maximum absolute atomic E-state index is 13.5. The Hall–Kier alpha value is -2.02. The largest absolute Gasteiger partial charge is 0.416 e. The second kappa shape index (κ2) is 5.77. The molecule has 0 aliphatic carbocycles.